The van der Waals surface area contributed by atoms with Crippen molar-refractivity contribution in [1.29, 1.82) is 0 Å². The molecule has 1 aromatic rings. The van der Waals surface area contributed by atoms with Crippen LogP contribution < -0.4 is 5.32 Å². The Morgan fingerprint density at radius 2 is 1.63 bits per heavy atom. The molecule has 166 valence electrons. The molecule has 4 rings (SSSR count). The van der Waals surface area contributed by atoms with E-state index in [1.165, 1.54) is 5.56 Å². The van der Waals surface area contributed by atoms with Crippen LogP contribution in [0.4, 0.5) is 0 Å². The third-order valence-electron chi connectivity index (χ3n) is 6.70. The van der Waals surface area contributed by atoms with Crippen molar-refractivity contribution >= 4 is 15.7 Å². The quantitative estimate of drug-likeness (QED) is 0.706. The third kappa shape index (κ3) is 6.03. The molecule has 7 nitrogen and oxygen atoms in total. The molecule has 8 heteroatoms. The van der Waals surface area contributed by atoms with Gasteiger partial charge in [0.2, 0.25) is 5.91 Å². The van der Waals surface area contributed by atoms with Crippen molar-refractivity contribution in [2.75, 3.05) is 57.3 Å². The molecule has 3 aliphatic heterocycles. The largest absolute Gasteiger partial charge is 0.352 e. The van der Waals surface area contributed by atoms with Gasteiger partial charge < -0.3 is 5.32 Å². The highest BCUT2D eigenvalue weighted by atomic mass is 32.2. The summed E-state index contributed by atoms with van der Waals surface area (Å²) in [5.41, 5.74) is 1.34. The van der Waals surface area contributed by atoms with Crippen molar-refractivity contribution in [3.8, 4) is 0 Å². The summed E-state index contributed by atoms with van der Waals surface area (Å²) in [6.45, 7) is 6.83. The Balaban J connectivity index is 1.13. The van der Waals surface area contributed by atoms with Gasteiger partial charge in [-0.05, 0) is 24.8 Å². The molecule has 0 bridgehead atoms. The van der Waals surface area contributed by atoms with Gasteiger partial charge >= 0.3 is 0 Å². The van der Waals surface area contributed by atoms with E-state index in [2.05, 4.69) is 44.3 Å². The summed E-state index contributed by atoms with van der Waals surface area (Å²) in [6, 6.07) is 11.0. The van der Waals surface area contributed by atoms with Crippen molar-refractivity contribution in [1.82, 2.24) is 20.0 Å². The van der Waals surface area contributed by atoms with E-state index in [-0.39, 0.29) is 18.0 Å². The van der Waals surface area contributed by atoms with Crippen molar-refractivity contribution in [2.24, 2.45) is 0 Å². The Bertz CT molecular complexity index is 801. The van der Waals surface area contributed by atoms with Crippen molar-refractivity contribution < 1.29 is 13.2 Å². The first-order chi connectivity index (χ1) is 14.5. The smallest absolute Gasteiger partial charge is 0.234 e. The van der Waals surface area contributed by atoms with Crippen LogP contribution in [0, 0.1) is 0 Å². The highest BCUT2D eigenvalue weighted by Gasteiger charge is 2.34. The van der Waals surface area contributed by atoms with Gasteiger partial charge in [0.15, 0.2) is 9.84 Å². The number of nitrogens with one attached hydrogen (secondary N) is 1. The highest BCUT2D eigenvalue weighted by Crippen LogP contribution is 2.19. The molecule has 1 unspecified atom stereocenters. The number of amides is 1. The Kier molecular flexibility index (Phi) is 7.08. The number of piperidine rings is 1. The molecule has 0 aromatic heterocycles. The Morgan fingerprint density at radius 1 is 0.933 bits per heavy atom. The molecule has 0 spiro atoms. The topological polar surface area (TPSA) is 73.0 Å². The minimum absolute atomic E-state index is 0.119. The molecule has 1 atom stereocenters. The van der Waals surface area contributed by atoms with Gasteiger partial charge in [-0.25, -0.2) is 8.42 Å². The highest BCUT2D eigenvalue weighted by molar-refractivity contribution is 7.91. The molecule has 3 heterocycles. The van der Waals surface area contributed by atoms with Crippen LogP contribution in [0.1, 0.15) is 24.8 Å². The summed E-state index contributed by atoms with van der Waals surface area (Å²) < 4.78 is 23.4. The van der Waals surface area contributed by atoms with Crippen molar-refractivity contribution in [2.45, 2.75) is 37.9 Å². The Labute approximate surface area is 180 Å². The van der Waals surface area contributed by atoms with E-state index in [9.17, 15) is 13.2 Å². The van der Waals surface area contributed by atoms with Crippen LogP contribution in [0.3, 0.4) is 0 Å². The summed E-state index contributed by atoms with van der Waals surface area (Å²) in [5.74, 6) is 0.745. The summed E-state index contributed by atoms with van der Waals surface area (Å²) in [4.78, 5) is 19.5. The lowest BCUT2D eigenvalue weighted by atomic mass is 10.0. The molecule has 0 radical (unpaired) electrons. The molecular weight excluding hydrogens is 400 g/mol. The van der Waals surface area contributed by atoms with E-state index in [0.717, 1.165) is 65.1 Å². The molecule has 0 aliphatic carbocycles. The van der Waals surface area contributed by atoms with Gasteiger partial charge in [-0.1, -0.05) is 30.3 Å². The molecule has 1 N–H and O–H groups in total. The van der Waals surface area contributed by atoms with E-state index >= 15 is 0 Å². The molecule has 30 heavy (non-hydrogen) atoms. The van der Waals surface area contributed by atoms with Crippen LogP contribution in [0.15, 0.2) is 30.3 Å². The van der Waals surface area contributed by atoms with Crippen LogP contribution >= 0.6 is 0 Å². The van der Waals surface area contributed by atoms with Crippen LogP contribution in [0.2, 0.25) is 0 Å². The van der Waals surface area contributed by atoms with Crippen molar-refractivity contribution in [3.05, 3.63) is 35.9 Å². The number of carbonyl (C=O) groups is 1. The fraction of sp³-hybridized carbons (Fsp3) is 0.682. The summed E-state index contributed by atoms with van der Waals surface area (Å²) in [7, 11) is -2.84. The number of nitrogens with zero attached hydrogens (tertiary/aromatic N) is 3. The third-order valence-corrected chi connectivity index (χ3v) is 8.45. The van der Waals surface area contributed by atoms with Crippen LogP contribution in [-0.4, -0.2) is 98.4 Å². The van der Waals surface area contributed by atoms with Gasteiger partial charge in [-0.15, -0.1) is 0 Å². The Morgan fingerprint density at radius 3 is 2.27 bits per heavy atom. The minimum Gasteiger partial charge on any atom is -0.352 e. The second-order valence-corrected chi connectivity index (χ2v) is 11.2. The monoisotopic (exact) mass is 434 g/mol. The van der Waals surface area contributed by atoms with Crippen LogP contribution in [-0.2, 0) is 21.2 Å². The first kappa shape index (κ1) is 21.7. The van der Waals surface area contributed by atoms with Gasteiger partial charge in [-0.3, -0.25) is 19.5 Å². The number of sulfone groups is 1. The van der Waals surface area contributed by atoms with Crippen molar-refractivity contribution in [3.63, 3.8) is 0 Å². The summed E-state index contributed by atoms with van der Waals surface area (Å²) >= 11 is 0. The minimum atomic E-state index is -2.84. The lowest BCUT2D eigenvalue weighted by Crippen LogP contribution is -2.53. The van der Waals surface area contributed by atoms with Crippen LogP contribution in [0.5, 0.6) is 0 Å². The number of rotatable bonds is 6. The summed E-state index contributed by atoms with van der Waals surface area (Å²) in [5, 5.41) is 3.23. The maximum atomic E-state index is 12.5. The van der Waals surface area contributed by atoms with Gasteiger partial charge in [0.05, 0.1) is 18.1 Å². The van der Waals surface area contributed by atoms with E-state index < -0.39 is 9.84 Å². The standard InChI is InChI=1S/C22H34N4O3S/c27-22(17-25-11-13-26(14-12-25)21-8-15-30(28,29)18-21)23-20-6-9-24(10-7-20)16-19-4-2-1-3-5-19/h1-5,20-21H,6-18H2,(H,23,27). The zero-order valence-electron chi connectivity index (χ0n) is 17.7. The number of likely N-dealkylation sites (tertiary alicyclic amines) is 1. The SMILES string of the molecule is O=C(CN1CCN(C2CCS(=O)(=O)C2)CC1)NC1CCN(Cc2ccccc2)CC1. The second kappa shape index (κ2) is 9.77. The predicted molar refractivity (Wildman–Crippen MR) is 118 cm³/mol. The van der Waals surface area contributed by atoms with Gasteiger partial charge in [0, 0.05) is 57.9 Å². The van der Waals surface area contributed by atoms with E-state index in [1.54, 1.807) is 0 Å². The number of piperazine rings is 1. The fourth-order valence-electron chi connectivity index (χ4n) is 4.90. The fourth-order valence-corrected chi connectivity index (χ4v) is 6.66. The van der Waals surface area contributed by atoms with Gasteiger partial charge in [0.25, 0.3) is 0 Å². The molecule has 1 amide bonds. The predicted octanol–water partition coefficient (Wildman–Crippen LogP) is 0.572. The number of benzene rings is 1. The molecular formula is C22H34N4O3S. The number of hydrogen-bond donors (Lipinski definition) is 1. The molecule has 3 saturated heterocycles. The average Bonchev–Trinajstić information content (AvgIpc) is 3.10. The van der Waals surface area contributed by atoms with Gasteiger partial charge in [0.1, 0.15) is 0 Å². The first-order valence-corrected chi connectivity index (χ1v) is 13.0. The Hall–Kier alpha value is -1.48. The molecule has 3 aliphatic rings. The zero-order valence-corrected chi connectivity index (χ0v) is 18.5. The normalized spacial score (nSPS) is 26.6. The zero-order chi connectivity index (χ0) is 21.0. The van der Waals surface area contributed by atoms with E-state index in [0.29, 0.717) is 18.1 Å². The molecule has 1 aromatic carbocycles. The number of hydrogen-bond acceptors (Lipinski definition) is 6. The molecule has 3 fully saturated rings. The van der Waals surface area contributed by atoms with E-state index in [4.69, 9.17) is 0 Å². The lowest BCUT2D eigenvalue weighted by Gasteiger charge is -2.37. The maximum absolute atomic E-state index is 12.5. The maximum Gasteiger partial charge on any atom is 0.234 e. The molecule has 0 saturated carbocycles. The second-order valence-electron chi connectivity index (χ2n) is 8.97. The first-order valence-electron chi connectivity index (χ1n) is 11.2. The van der Waals surface area contributed by atoms with Gasteiger partial charge in [-0.2, -0.15) is 0 Å². The number of carbonyl (C=O) groups excluding carboxylic acids is 1. The lowest BCUT2D eigenvalue weighted by molar-refractivity contribution is -0.123. The average molecular weight is 435 g/mol. The van der Waals surface area contributed by atoms with Crippen LogP contribution in [0.25, 0.3) is 0 Å². The van der Waals surface area contributed by atoms with E-state index in [1.807, 2.05) is 6.07 Å². The summed E-state index contributed by atoms with van der Waals surface area (Å²) in [6.07, 6.45) is 2.76.